The van der Waals surface area contributed by atoms with E-state index in [0.717, 1.165) is 16.7 Å². The van der Waals surface area contributed by atoms with E-state index in [9.17, 15) is 14.7 Å². The van der Waals surface area contributed by atoms with Gasteiger partial charge in [0.05, 0.1) is 26.5 Å². The van der Waals surface area contributed by atoms with Gasteiger partial charge in [-0.05, 0) is 34.9 Å². The Morgan fingerprint density at radius 1 is 0.818 bits per heavy atom. The van der Waals surface area contributed by atoms with Crippen LogP contribution in [0.4, 0.5) is 0 Å². The third-order valence-electron chi connectivity index (χ3n) is 5.26. The molecule has 3 aromatic carbocycles. The van der Waals surface area contributed by atoms with Gasteiger partial charge in [0.15, 0.2) is 5.69 Å². The van der Waals surface area contributed by atoms with Crippen LogP contribution in [0.25, 0.3) is 28.1 Å². The third kappa shape index (κ3) is 4.26. The second kappa shape index (κ2) is 9.50. The van der Waals surface area contributed by atoms with Gasteiger partial charge in [0.2, 0.25) is 0 Å². The quantitative estimate of drug-likeness (QED) is 0.449. The van der Waals surface area contributed by atoms with Crippen molar-refractivity contribution in [3.05, 3.63) is 95.7 Å². The number of hydrogen-bond acceptors (Lipinski definition) is 6. The van der Waals surface area contributed by atoms with Crippen molar-refractivity contribution in [2.24, 2.45) is 0 Å². The Morgan fingerprint density at radius 3 is 2.12 bits per heavy atom. The van der Waals surface area contributed by atoms with Crippen molar-refractivity contribution in [2.75, 3.05) is 14.2 Å². The van der Waals surface area contributed by atoms with Crippen molar-refractivity contribution in [1.29, 1.82) is 0 Å². The summed E-state index contributed by atoms with van der Waals surface area (Å²) in [4.78, 5) is 25.4. The van der Waals surface area contributed by atoms with E-state index in [2.05, 4.69) is 5.10 Å². The number of rotatable bonds is 6. The molecule has 0 fully saturated rings. The van der Waals surface area contributed by atoms with Crippen molar-refractivity contribution in [3.8, 4) is 28.1 Å². The number of para-hydroxylation sites is 1. The minimum atomic E-state index is -0.699. The van der Waals surface area contributed by atoms with Crippen LogP contribution >= 0.6 is 0 Å². The molecule has 1 aromatic heterocycles. The first-order valence-corrected chi connectivity index (χ1v) is 10.2. The van der Waals surface area contributed by atoms with E-state index < -0.39 is 11.9 Å². The molecule has 166 valence electrons. The Bertz CT molecular complexity index is 1290. The highest BCUT2D eigenvalue weighted by Crippen LogP contribution is 2.31. The lowest BCUT2D eigenvalue weighted by molar-refractivity contribution is 0.0549. The van der Waals surface area contributed by atoms with Crippen LogP contribution in [0.15, 0.2) is 78.9 Å². The number of carbonyl (C=O) groups is 2. The average Bonchev–Trinajstić information content (AvgIpc) is 3.29. The highest BCUT2D eigenvalue weighted by atomic mass is 16.5. The molecule has 4 aromatic rings. The van der Waals surface area contributed by atoms with Crippen molar-refractivity contribution < 1.29 is 24.2 Å². The number of esters is 2. The summed E-state index contributed by atoms with van der Waals surface area (Å²) in [6, 6.07) is 24.1. The monoisotopic (exact) mass is 442 g/mol. The van der Waals surface area contributed by atoms with Gasteiger partial charge in [0.25, 0.3) is 0 Å². The Labute approximate surface area is 190 Å². The summed E-state index contributed by atoms with van der Waals surface area (Å²) >= 11 is 0. The number of ether oxygens (including phenoxy) is 2. The van der Waals surface area contributed by atoms with Gasteiger partial charge in [0.1, 0.15) is 11.3 Å². The molecule has 0 spiro atoms. The molecule has 1 N–H and O–H groups in total. The number of nitrogens with zero attached hydrogens (tertiary/aromatic N) is 2. The molecule has 0 aliphatic carbocycles. The van der Waals surface area contributed by atoms with Crippen LogP contribution in [0.1, 0.15) is 26.4 Å². The van der Waals surface area contributed by atoms with Crippen molar-refractivity contribution >= 4 is 11.9 Å². The molecule has 0 atom stereocenters. The van der Waals surface area contributed by atoms with Gasteiger partial charge < -0.3 is 14.6 Å². The van der Waals surface area contributed by atoms with Crippen molar-refractivity contribution in [2.45, 2.75) is 6.61 Å². The van der Waals surface area contributed by atoms with E-state index >= 15 is 0 Å². The van der Waals surface area contributed by atoms with Crippen LogP contribution < -0.4 is 0 Å². The maximum Gasteiger partial charge on any atom is 0.357 e. The van der Waals surface area contributed by atoms with Crippen LogP contribution in [0.3, 0.4) is 0 Å². The third-order valence-corrected chi connectivity index (χ3v) is 5.26. The Kier molecular flexibility index (Phi) is 6.33. The summed E-state index contributed by atoms with van der Waals surface area (Å²) in [5, 5.41) is 14.0. The molecule has 7 nitrogen and oxygen atoms in total. The Morgan fingerprint density at radius 2 is 1.48 bits per heavy atom. The number of hydrogen-bond donors (Lipinski definition) is 1. The fraction of sp³-hybridized carbons (Fsp3) is 0.115. The van der Waals surface area contributed by atoms with Gasteiger partial charge in [-0.3, -0.25) is 0 Å². The van der Waals surface area contributed by atoms with E-state index in [4.69, 9.17) is 9.47 Å². The summed E-state index contributed by atoms with van der Waals surface area (Å²) in [5.41, 5.74) is 4.27. The fourth-order valence-electron chi connectivity index (χ4n) is 3.63. The molecule has 0 radical (unpaired) electrons. The maximum atomic E-state index is 12.7. The highest BCUT2D eigenvalue weighted by Gasteiger charge is 2.31. The summed E-state index contributed by atoms with van der Waals surface area (Å²) < 4.78 is 11.3. The second-order valence-corrected chi connectivity index (χ2v) is 7.24. The predicted octanol–water partition coefficient (Wildman–Crippen LogP) is 4.27. The fourth-order valence-corrected chi connectivity index (χ4v) is 3.63. The van der Waals surface area contributed by atoms with Gasteiger partial charge >= 0.3 is 11.9 Å². The van der Waals surface area contributed by atoms with E-state index in [0.29, 0.717) is 16.9 Å². The molecule has 0 saturated carbocycles. The molecule has 7 heteroatoms. The smallest absolute Gasteiger partial charge is 0.357 e. The summed E-state index contributed by atoms with van der Waals surface area (Å²) in [6.45, 7) is -0.0400. The first kappa shape index (κ1) is 22.0. The van der Waals surface area contributed by atoms with Crippen molar-refractivity contribution in [1.82, 2.24) is 9.78 Å². The average molecular weight is 442 g/mol. The molecular weight excluding hydrogens is 420 g/mol. The lowest BCUT2D eigenvalue weighted by atomic mass is 9.99. The minimum Gasteiger partial charge on any atom is -0.465 e. The molecule has 0 aliphatic rings. The van der Waals surface area contributed by atoms with Gasteiger partial charge in [-0.15, -0.1) is 0 Å². The molecule has 0 bridgehead atoms. The standard InChI is InChI=1S/C26H22N2O5/c1-32-25(30)22-23(27-28(24(22)26(31)33-2)21-9-4-3-5-10-21)19-13-11-18(12-14-19)20-8-6-7-17(15-20)16-29/h3-15,29H,16H2,1-2H3. The highest BCUT2D eigenvalue weighted by molar-refractivity contribution is 6.06. The lowest BCUT2D eigenvalue weighted by Gasteiger charge is -2.07. The summed E-state index contributed by atoms with van der Waals surface area (Å²) in [7, 11) is 2.50. The number of aliphatic hydroxyl groups is 1. The number of aliphatic hydroxyl groups excluding tert-OH is 1. The Hall–Kier alpha value is -4.23. The molecule has 4 rings (SSSR count). The summed E-state index contributed by atoms with van der Waals surface area (Å²) in [5.74, 6) is -1.39. The van der Waals surface area contributed by atoms with Crippen molar-refractivity contribution in [3.63, 3.8) is 0 Å². The maximum absolute atomic E-state index is 12.7. The van der Waals surface area contributed by atoms with Gasteiger partial charge in [-0.1, -0.05) is 60.7 Å². The number of benzene rings is 3. The molecule has 0 saturated heterocycles. The van der Waals surface area contributed by atoms with Gasteiger partial charge in [0, 0.05) is 5.56 Å². The van der Waals surface area contributed by atoms with Crippen LogP contribution in [0.5, 0.6) is 0 Å². The largest absolute Gasteiger partial charge is 0.465 e. The molecule has 0 unspecified atom stereocenters. The van der Waals surface area contributed by atoms with E-state index in [-0.39, 0.29) is 17.9 Å². The predicted molar refractivity (Wildman–Crippen MR) is 123 cm³/mol. The van der Waals surface area contributed by atoms with Gasteiger partial charge in [-0.25, -0.2) is 14.3 Å². The van der Waals surface area contributed by atoms with E-state index in [1.54, 1.807) is 12.1 Å². The van der Waals surface area contributed by atoms with Gasteiger partial charge in [-0.2, -0.15) is 5.10 Å². The molecule has 0 amide bonds. The van der Waals surface area contributed by atoms with Crippen LogP contribution in [0, 0.1) is 0 Å². The van der Waals surface area contributed by atoms with Crippen LogP contribution in [-0.4, -0.2) is 41.0 Å². The SMILES string of the molecule is COC(=O)c1c(-c2ccc(-c3cccc(CO)c3)cc2)nn(-c2ccccc2)c1C(=O)OC. The van der Waals surface area contributed by atoms with Crippen LogP contribution in [-0.2, 0) is 16.1 Å². The Balaban J connectivity index is 1.87. The zero-order chi connectivity index (χ0) is 23.4. The molecular formula is C26H22N2O5. The zero-order valence-electron chi connectivity index (χ0n) is 18.2. The number of aromatic nitrogens is 2. The zero-order valence-corrected chi connectivity index (χ0v) is 18.2. The molecule has 1 heterocycles. The topological polar surface area (TPSA) is 90.6 Å². The normalized spacial score (nSPS) is 10.6. The molecule has 33 heavy (non-hydrogen) atoms. The first-order valence-electron chi connectivity index (χ1n) is 10.2. The van der Waals surface area contributed by atoms with E-state index in [1.165, 1.54) is 18.9 Å². The lowest BCUT2D eigenvalue weighted by Crippen LogP contribution is -2.15. The summed E-state index contributed by atoms with van der Waals surface area (Å²) in [6.07, 6.45) is 0. The molecule has 0 aliphatic heterocycles. The minimum absolute atomic E-state index is 0.00901. The number of carbonyl (C=O) groups excluding carboxylic acids is 2. The van der Waals surface area contributed by atoms with E-state index in [1.807, 2.05) is 66.7 Å². The number of methoxy groups -OCH3 is 2. The second-order valence-electron chi connectivity index (χ2n) is 7.24. The van der Waals surface area contributed by atoms with Crippen LogP contribution in [0.2, 0.25) is 0 Å². The first-order chi connectivity index (χ1) is 16.1.